The highest BCUT2D eigenvalue weighted by molar-refractivity contribution is 5.88. The van der Waals surface area contributed by atoms with E-state index in [1.807, 2.05) is 26.0 Å². The van der Waals surface area contributed by atoms with Crippen LogP contribution in [0, 0.1) is 13.8 Å². The number of hydrogen-bond acceptors (Lipinski definition) is 4. The van der Waals surface area contributed by atoms with E-state index in [0.29, 0.717) is 12.1 Å². The molecule has 1 aromatic carbocycles. The minimum absolute atomic E-state index is 0.339. The molecule has 5 heteroatoms. The van der Waals surface area contributed by atoms with E-state index in [2.05, 4.69) is 14.9 Å². The summed E-state index contributed by atoms with van der Waals surface area (Å²) in [5, 5.41) is 9.11. The first-order valence-electron chi connectivity index (χ1n) is 6.95. The third kappa shape index (κ3) is 2.72. The number of benzene rings is 1. The molecule has 0 amide bonds. The summed E-state index contributed by atoms with van der Waals surface area (Å²) in [6.45, 7) is 5.41. The lowest BCUT2D eigenvalue weighted by atomic mass is 9.97. The van der Waals surface area contributed by atoms with E-state index in [9.17, 15) is 4.79 Å². The number of carboxylic acid groups (broad SMARTS) is 1. The molecule has 0 unspecified atom stereocenters. The SMILES string of the molecule is Cc1cc(N2CCc3ccc(C(=O)O)cc3C2)nc(C)n1. The topological polar surface area (TPSA) is 66.3 Å². The van der Waals surface area contributed by atoms with Gasteiger partial charge in [0.25, 0.3) is 0 Å². The third-order valence-corrected chi connectivity index (χ3v) is 3.74. The van der Waals surface area contributed by atoms with Gasteiger partial charge in [-0.3, -0.25) is 0 Å². The summed E-state index contributed by atoms with van der Waals surface area (Å²) in [5.74, 6) is 0.783. The van der Waals surface area contributed by atoms with E-state index in [1.165, 1.54) is 5.56 Å². The van der Waals surface area contributed by atoms with Crippen molar-refractivity contribution in [2.45, 2.75) is 26.8 Å². The number of hydrogen-bond donors (Lipinski definition) is 1. The molecule has 1 N–H and O–H groups in total. The molecule has 0 fully saturated rings. The predicted octanol–water partition coefficient (Wildman–Crippen LogP) is 2.35. The lowest BCUT2D eigenvalue weighted by Crippen LogP contribution is -2.31. The molecule has 0 saturated heterocycles. The maximum Gasteiger partial charge on any atom is 0.335 e. The zero-order chi connectivity index (χ0) is 15.0. The van der Waals surface area contributed by atoms with Gasteiger partial charge in [0, 0.05) is 24.8 Å². The minimum Gasteiger partial charge on any atom is -0.478 e. The van der Waals surface area contributed by atoms with Gasteiger partial charge in [-0.15, -0.1) is 0 Å². The van der Waals surface area contributed by atoms with Crippen LogP contribution in [0.2, 0.25) is 0 Å². The Morgan fingerprint density at radius 1 is 1.19 bits per heavy atom. The van der Waals surface area contributed by atoms with E-state index in [4.69, 9.17) is 5.11 Å². The number of aryl methyl sites for hydroxylation is 2. The van der Waals surface area contributed by atoms with Crippen molar-refractivity contribution in [2.24, 2.45) is 0 Å². The van der Waals surface area contributed by atoms with Crippen LogP contribution in [0.1, 0.15) is 33.0 Å². The van der Waals surface area contributed by atoms with Crippen molar-refractivity contribution in [1.29, 1.82) is 0 Å². The van der Waals surface area contributed by atoms with Gasteiger partial charge in [-0.2, -0.15) is 0 Å². The number of carboxylic acids is 1. The second-order valence-electron chi connectivity index (χ2n) is 5.37. The molecule has 0 saturated carbocycles. The molecule has 21 heavy (non-hydrogen) atoms. The second kappa shape index (κ2) is 5.16. The van der Waals surface area contributed by atoms with Gasteiger partial charge in [0.1, 0.15) is 11.6 Å². The molecule has 108 valence electrons. The van der Waals surface area contributed by atoms with Crippen LogP contribution in [-0.4, -0.2) is 27.6 Å². The zero-order valence-corrected chi connectivity index (χ0v) is 12.1. The molecule has 3 rings (SSSR count). The lowest BCUT2D eigenvalue weighted by molar-refractivity contribution is 0.0696. The number of aromatic carboxylic acids is 1. The summed E-state index contributed by atoms with van der Waals surface area (Å²) in [5.41, 5.74) is 3.57. The van der Waals surface area contributed by atoms with Crippen LogP contribution in [0.3, 0.4) is 0 Å². The van der Waals surface area contributed by atoms with Gasteiger partial charge in [-0.1, -0.05) is 6.07 Å². The first-order chi connectivity index (χ1) is 10.0. The number of fused-ring (bicyclic) bond motifs is 1. The van der Waals surface area contributed by atoms with Crippen LogP contribution in [-0.2, 0) is 13.0 Å². The van der Waals surface area contributed by atoms with Crippen molar-refractivity contribution in [2.75, 3.05) is 11.4 Å². The fraction of sp³-hybridized carbons (Fsp3) is 0.312. The highest BCUT2D eigenvalue weighted by Gasteiger charge is 2.19. The van der Waals surface area contributed by atoms with Crippen molar-refractivity contribution in [3.8, 4) is 0 Å². The maximum atomic E-state index is 11.1. The van der Waals surface area contributed by atoms with Crippen LogP contribution in [0.15, 0.2) is 24.3 Å². The summed E-state index contributed by atoms with van der Waals surface area (Å²) in [6, 6.07) is 7.34. The van der Waals surface area contributed by atoms with Gasteiger partial charge in [0.05, 0.1) is 5.56 Å². The first-order valence-corrected chi connectivity index (χ1v) is 6.95. The number of carbonyl (C=O) groups is 1. The maximum absolute atomic E-state index is 11.1. The van der Waals surface area contributed by atoms with Crippen LogP contribution in [0.4, 0.5) is 5.82 Å². The van der Waals surface area contributed by atoms with Crippen molar-refractivity contribution >= 4 is 11.8 Å². The average Bonchev–Trinajstić information content (AvgIpc) is 2.45. The number of rotatable bonds is 2. The smallest absolute Gasteiger partial charge is 0.335 e. The van der Waals surface area contributed by atoms with E-state index >= 15 is 0 Å². The Hall–Kier alpha value is -2.43. The van der Waals surface area contributed by atoms with Gasteiger partial charge in [-0.05, 0) is 43.5 Å². The van der Waals surface area contributed by atoms with Crippen LogP contribution in [0.25, 0.3) is 0 Å². The standard InChI is InChI=1S/C16H17N3O2/c1-10-7-15(18-11(2)17-10)19-6-5-12-3-4-13(16(20)21)8-14(12)9-19/h3-4,7-8H,5-6,9H2,1-2H3,(H,20,21). The molecule has 0 aliphatic carbocycles. The summed E-state index contributed by atoms with van der Waals surface area (Å²) in [4.78, 5) is 22.1. The Balaban J connectivity index is 1.92. The highest BCUT2D eigenvalue weighted by Crippen LogP contribution is 2.24. The van der Waals surface area contributed by atoms with Crippen LogP contribution < -0.4 is 4.90 Å². The molecule has 5 nitrogen and oxygen atoms in total. The fourth-order valence-electron chi connectivity index (χ4n) is 2.75. The van der Waals surface area contributed by atoms with E-state index in [0.717, 1.165) is 35.9 Å². The Labute approximate surface area is 123 Å². The van der Waals surface area contributed by atoms with E-state index in [1.54, 1.807) is 12.1 Å². The summed E-state index contributed by atoms with van der Waals surface area (Å²) >= 11 is 0. The Morgan fingerprint density at radius 2 is 2.00 bits per heavy atom. The molecule has 1 aliphatic heterocycles. The zero-order valence-electron chi connectivity index (χ0n) is 12.1. The molecular weight excluding hydrogens is 266 g/mol. The fourth-order valence-corrected chi connectivity index (χ4v) is 2.75. The first kappa shape index (κ1) is 13.5. The van der Waals surface area contributed by atoms with Crippen molar-refractivity contribution in [3.63, 3.8) is 0 Å². The van der Waals surface area contributed by atoms with Gasteiger partial charge < -0.3 is 10.0 Å². The van der Waals surface area contributed by atoms with Gasteiger partial charge in [0.2, 0.25) is 0 Å². The van der Waals surface area contributed by atoms with Crippen LogP contribution >= 0.6 is 0 Å². The molecule has 1 aromatic heterocycles. The van der Waals surface area contributed by atoms with E-state index < -0.39 is 5.97 Å². The van der Waals surface area contributed by atoms with E-state index in [-0.39, 0.29) is 0 Å². The second-order valence-corrected chi connectivity index (χ2v) is 5.37. The molecular formula is C16H17N3O2. The van der Waals surface area contributed by atoms with Crippen LogP contribution in [0.5, 0.6) is 0 Å². The number of aromatic nitrogens is 2. The quantitative estimate of drug-likeness (QED) is 0.916. The average molecular weight is 283 g/mol. The largest absolute Gasteiger partial charge is 0.478 e. The van der Waals surface area contributed by atoms with Crippen molar-refractivity contribution in [1.82, 2.24) is 9.97 Å². The Morgan fingerprint density at radius 3 is 2.71 bits per heavy atom. The monoisotopic (exact) mass is 283 g/mol. The molecule has 0 spiro atoms. The minimum atomic E-state index is -0.886. The number of anilines is 1. The predicted molar refractivity (Wildman–Crippen MR) is 79.7 cm³/mol. The van der Waals surface area contributed by atoms with Gasteiger partial charge in [0.15, 0.2) is 0 Å². The van der Waals surface area contributed by atoms with Crippen molar-refractivity contribution in [3.05, 3.63) is 52.5 Å². The highest BCUT2D eigenvalue weighted by atomic mass is 16.4. The molecule has 2 heterocycles. The summed E-state index contributed by atoms with van der Waals surface area (Å²) < 4.78 is 0. The number of nitrogens with zero attached hydrogens (tertiary/aromatic N) is 3. The molecule has 0 radical (unpaired) electrons. The molecule has 2 aromatic rings. The Kier molecular flexibility index (Phi) is 3.33. The Bertz CT molecular complexity index is 692. The molecule has 0 atom stereocenters. The van der Waals surface area contributed by atoms with Gasteiger partial charge in [-0.25, -0.2) is 14.8 Å². The summed E-state index contributed by atoms with van der Waals surface area (Å²) in [6.07, 6.45) is 0.900. The third-order valence-electron chi connectivity index (χ3n) is 3.74. The van der Waals surface area contributed by atoms with Gasteiger partial charge >= 0.3 is 5.97 Å². The molecule has 0 bridgehead atoms. The normalized spacial score (nSPS) is 13.9. The molecule has 1 aliphatic rings. The lowest BCUT2D eigenvalue weighted by Gasteiger charge is -2.30. The summed E-state index contributed by atoms with van der Waals surface area (Å²) in [7, 11) is 0. The van der Waals surface area contributed by atoms with Crippen molar-refractivity contribution < 1.29 is 9.90 Å².